The van der Waals surface area contributed by atoms with Gasteiger partial charge in [-0.25, -0.2) is 0 Å². The maximum absolute atomic E-state index is 2.77. The minimum Gasteiger partial charge on any atom is -0.105 e. The molecule has 1 heteroatoms. The molecule has 12 heavy (non-hydrogen) atoms. The third kappa shape index (κ3) is 2.79. The van der Waals surface area contributed by atoms with Crippen LogP contribution in [0.25, 0.3) is 0 Å². The first-order valence-corrected chi connectivity index (χ1v) is 4.87. The number of aryl methyl sites for hydroxylation is 1. The van der Waals surface area contributed by atoms with E-state index in [2.05, 4.69) is 52.6 Å². The lowest BCUT2D eigenvalue weighted by molar-refractivity contribution is 1.01. The van der Waals surface area contributed by atoms with E-state index < -0.39 is 0 Å². The first kappa shape index (κ1) is 9.48. The van der Waals surface area contributed by atoms with E-state index >= 15 is 0 Å². The number of hydrogen-bond donors (Lipinski definition) is 0. The first-order valence-electron chi connectivity index (χ1n) is 4.29. The van der Waals surface area contributed by atoms with Crippen molar-refractivity contribution >= 4 is 14.5 Å². The number of benzene rings is 1. The largest absolute Gasteiger partial charge is 0.105 e. The van der Waals surface area contributed by atoms with Gasteiger partial charge in [0.25, 0.3) is 0 Å². The number of allylic oxidation sites excluding steroid dienone is 2. The Balaban J connectivity index is 2.57. The molecule has 0 nitrogen and oxygen atoms in total. The van der Waals surface area contributed by atoms with E-state index in [-0.39, 0.29) is 0 Å². The summed E-state index contributed by atoms with van der Waals surface area (Å²) in [6.45, 7) is 2.06. The lowest BCUT2D eigenvalue weighted by Crippen LogP contribution is -1.99. The summed E-state index contributed by atoms with van der Waals surface area (Å²) in [4.78, 5) is 0. The number of rotatable bonds is 3. The molecule has 0 radical (unpaired) electrons. The van der Waals surface area contributed by atoms with Crippen molar-refractivity contribution in [3.05, 3.63) is 42.0 Å². The molecule has 0 saturated carbocycles. The molecular formula is C11H15P. The Hall–Kier alpha value is -0.610. The molecule has 0 N–H and O–H groups in total. The molecule has 1 unspecified atom stereocenters. The normalized spacial score (nSPS) is 10.8. The quantitative estimate of drug-likeness (QED) is 0.493. The molecular weight excluding hydrogens is 163 g/mol. The van der Waals surface area contributed by atoms with Crippen molar-refractivity contribution in [3.8, 4) is 0 Å². The van der Waals surface area contributed by atoms with Crippen LogP contribution in [0.3, 0.4) is 0 Å². The van der Waals surface area contributed by atoms with Crippen molar-refractivity contribution in [1.82, 2.24) is 0 Å². The van der Waals surface area contributed by atoms with Crippen molar-refractivity contribution in [2.24, 2.45) is 0 Å². The fraction of sp³-hybridized carbons (Fsp3) is 0.273. The van der Waals surface area contributed by atoms with E-state index in [0.717, 1.165) is 12.8 Å². The van der Waals surface area contributed by atoms with Gasteiger partial charge in [-0.3, -0.25) is 0 Å². The SMILES string of the molecule is CC=CCCc1ccccc1P. The highest BCUT2D eigenvalue weighted by molar-refractivity contribution is 7.27. The van der Waals surface area contributed by atoms with E-state index in [1.54, 1.807) is 0 Å². The maximum Gasteiger partial charge on any atom is -0.0238 e. The summed E-state index contributed by atoms with van der Waals surface area (Å²) in [6, 6.07) is 8.49. The van der Waals surface area contributed by atoms with Crippen LogP contribution in [-0.4, -0.2) is 0 Å². The molecule has 0 aromatic heterocycles. The topological polar surface area (TPSA) is 0 Å². The minimum atomic E-state index is 1.14. The summed E-state index contributed by atoms with van der Waals surface area (Å²) in [5.74, 6) is 0. The Labute approximate surface area is 76.9 Å². The Morgan fingerprint density at radius 3 is 2.75 bits per heavy atom. The van der Waals surface area contributed by atoms with Gasteiger partial charge >= 0.3 is 0 Å². The van der Waals surface area contributed by atoms with E-state index in [0.29, 0.717) is 0 Å². The summed E-state index contributed by atoms with van der Waals surface area (Å²) in [5.41, 5.74) is 1.43. The maximum atomic E-state index is 2.77. The lowest BCUT2D eigenvalue weighted by Gasteiger charge is -2.01. The average molecular weight is 178 g/mol. The molecule has 1 rings (SSSR count). The fourth-order valence-electron chi connectivity index (χ4n) is 1.17. The Morgan fingerprint density at radius 1 is 1.33 bits per heavy atom. The summed E-state index contributed by atoms with van der Waals surface area (Å²) in [6.07, 6.45) is 6.59. The van der Waals surface area contributed by atoms with Gasteiger partial charge in [-0.1, -0.05) is 36.4 Å². The molecule has 0 bridgehead atoms. The van der Waals surface area contributed by atoms with Crippen LogP contribution in [0.2, 0.25) is 0 Å². The molecule has 1 aromatic rings. The average Bonchev–Trinajstić information content (AvgIpc) is 2.09. The monoisotopic (exact) mass is 178 g/mol. The van der Waals surface area contributed by atoms with Crippen LogP contribution in [0.15, 0.2) is 36.4 Å². The van der Waals surface area contributed by atoms with Crippen molar-refractivity contribution in [2.45, 2.75) is 19.8 Å². The zero-order valence-corrected chi connectivity index (χ0v) is 8.61. The summed E-state index contributed by atoms with van der Waals surface area (Å²) < 4.78 is 0. The van der Waals surface area contributed by atoms with Gasteiger partial charge in [0.1, 0.15) is 0 Å². The van der Waals surface area contributed by atoms with E-state index in [4.69, 9.17) is 0 Å². The van der Waals surface area contributed by atoms with E-state index in [9.17, 15) is 0 Å². The molecule has 1 aromatic carbocycles. The van der Waals surface area contributed by atoms with Gasteiger partial charge in [-0.2, -0.15) is 0 Å². The number of hydrogen-bond acceptors (Lipinski definition) is 0. The fourth-order valence-corrected chi connectivity index (χ4v) is 1.52. The molecule has 64 valence electrons. The molecule has 0 heterocycles. The summed E-state index contributed by atoms with van der Waals surface area (Å²) in [7, 11) is 2.77. The Bertz CT molecular complexity index is 263. The van der Waals surface area contributed by atoms with Gasteiger partial charge in [0.2, 0.25) is 0 Å². The van der Waals surface area contributed by atoms with Gasteiger partial charge in [-0.05, 0) is 30.6 Å². The molecule has 0 aliphatic carbocycles. The van der Waals surface area contributed by atoms with Crippen LogP contribution in [0.5, 0.6) is 0 Å². The van der Waals surface area contributed by atoms with Crippen molar-refractivity contribution in [2.75, 3.05) is 0 Å². The highest BCUT2D eigenvalue weighted by atomic mass is 31.0. The second-order valence-electron chi connectivity index (χ2n) is 2.81. The van der Waals surface area contributed by atoms with E-state index in [1.165, 1.54) is 10.9 Å². The minimum absolute atomic E-state index is 1.14. The van der Waals surface area contributed by atoms with Gasteiger partial charge in [0.05, 0.1) is 0 Å². The third-order valence-electron chi connectivity index (χ3n) is 1.87. The van der Waals surface area contributed by atoms with Gasteiger partial charge < -0.3 is 0 Å². The second kappa shape index (κ2) is 5.11. The highest BCUT2D eigenvalue weighted by Crippen LogP contribution is 2.04. The third-order valence-corrected chi connectivity index (χ3v) is 2.43. The molecule has 0 aliphatic rings. The molecule has 0 saturated heterocycles. The van der Waals surface area contributed by atoms with Crippen LogP contribution in [-0.2, 0) is 6.42 Å². The lowest BCUT2D eigenvalue weighted by atomic mass is 10.1. The van der Waals surface area contributed by atoms with Crippen molar-refractivity contribution in [3.63, 3.8) is 0 Å². The zero-order valence-electron chi connectivity index (χ0n) is 7.46. The van der Waals surface area contributed by atoms with Crippen LogP contribution in [0.1, 0.15) is 18.9 Å². The Morgan fingerprint density at radius 2 is 2.08 bits per heavy atom. The van der Waals surface area contributed by atoms with Gasteiger partial charge in [0, 0.05) is 0 Å². The van der Waals surface area contributed by atoms with Crippen LogP contribution >= 0.6 is 9.24 Å². The highest BCUT2D eigenvalue weighted by Gasteiger charge is 1.93. The van der Waals surface area contributed by atoms with Crippen LogP contribution < -0.4 is 5.30 Å². The summed E-state index contributed by atoms with van der Waals surface area (Å²) >= 11 is 0. The summed E-state index contributed by atoms with van der Waals surface area (Å²) in [5, 5.41) is 1.32. The molecule has 0 amide bonds. The zero-order chi connectivity index (χ0) is 8.81. The molecule has 0 spiro atoms. The van der Waals surface area contributed by atoms with Crippen LogP contribution in [0.4, 0.5) is 0 Å². The second-order valence-corrected chi connectivity index (χ2v) is 3.43. The molecule has 0 aliphatic heterocycles. The standard InChI is InChI=1S/C11H15P/c1-2-3-4-7-10-8-5-6-9-11(10)12/h2-3,5-6,8-9H,4,7,12H2,1H3. The first-order chi connectivity index (χ1) is 5.84. The predicted octanol–water partition coefficient (Wildman–Crippen LogP) is 2.70. The van der Waals surface area contributed by atoms with E-state index in [1.807, 2.05) is 0 Å². The smallest absolute Gasteiger partial charge is 0.0238 e. The Kier molecular flexibility index (Phi) is 4.04. The molecule has 0 fully saturated rings. The van der Waals surface area contributed by atoms with Crippen molar-refractivity contribution in [1.29, 1.82) is 0 Å². The van der Waals surface area contributed by atoms with Gasteiger partial charge in [0.15, 0.2) is 0 Å². The van der Waals surface area contributed by atoms with Crippen LogP contribution in [0, 0.1) is 0 Å². The molecule has 1 atom stereocenters. The van der Waals surface area contributed by atoms with Gasteiger partial charge in [-0.15, -0.1) is 9.24 Å². The predicted molar refractivity (Wildman–Crippen MR) is 58.9 cm³/mol. The van der Waals surface area contributed by atoms with Crippen molar-refractivity contribution < 1.29 is 0 Å².